The van der Waals surface area contributed by atoms with Gasteiger partial charge in [0.2, 0.25) is 0 Å². The van der Waals surface area contributed by atoms with Crippen LogP contribution in [0.15, 0.2) is 185 Å². The van der Waals surface area contributed by atoms with Crippen LogP contribution in [-0.2, 0) is 4.79 Å². The van der Waals surface area contributed by atoms with Gasteiger partial charge in [0.15, 0.2) is 78.5 Å². The first-order valence-electron chi connectivity index (χ1n) is 33.2. The Kier molecular flexibility index (Phi) is 43.8. The fraction of sp³-hybridized carbons (Fsp3) is 0.143. The molecule has 11 aromatic carbocycles. The highest BCUT2D eigenvalue weighted by molar-refractivity contribution is 14.1. The maximum atomic E-state index is 10.9. The van der Waals surface area contributed by atoms with E-state index in [1.165, 1.54) is 75.9 Å². The molecule has 12 rings (SSSR count). The van der Waals surface area contributed by atoms with Crippen LogP contribution in [0.3, 0.4) is 0 Å². The molecular weight excluding hydrogens is 1950 g/mol. The molecule has 1 aliphatic rings. The van der Waals surface area contributed by atoms with Gasteiger partial charge in [0.1, 0.15) is 64.9 Å². The highest BCUT2D eigenvalue weighted by Gasteiger charge is 2.19. The monoisotopic (exact) mass is 2020 g/mol. The number of benzene rings is 11. The fourth-order valence-corrected chi connectivity index (χ4v) is 12.6. The molecule has 0 radical (unpaired) electrons. The van der Waals surface area contributed by atoms with Gasteiger partial charge in [-0.2, -0.15) is 0 Å². The summed E-state index contributed by atoms with van der Waals surface area (Å²) in [5.74, 6) is 2.43. The van der Waals surface area contributed by atoms with Gasteiger partial charge in [-0.15, -0.1) is 0 Å². The highest BCUT2D eigenvalue weighted by atomic mass is 127. The topological polar surface area (TPSA) is 402 Å². The number of methoxy groups -OCH3 is 5. The number of anilines is 1. The summed E-state index contributed by atoms with van der Waals surface area (Å²) in [7, 11) is 7.49. The van der Waals surface area contributed by atoms with Crippen LogP contribution < -0.4 is 28.6 Å². The molecule has 0 aromatic heterocycles. The molecule has 0 amide bonds. The molecule has 1 aliphatic carbocycles. The lowest BCUT2D eigenvalue weighted by Crippen LogP contribution is -2.21. The summed E-state index contributed by atoms with van der Waals surface area (Å²) in [6.45, 7) is 5.87. The molecule has 9 N–H and O–H groups in total. The van der Waals surface area contributed by atoms with Gasteiger partial charge in [-0.1, -0.05) is 70.5 Å². The SMILES string of the molecule is CCN(CC)c1ccc(C=O)c(O)c1.COc1cc(Br)cc(C=O)c1O.COc1cc(C=O)cc(Br)c1O.COc1cc(C=O)cc(I)c1O.COc1ccc(C=O)c2ccccc12.COc1ccc2ccccc2c1C=O.O=CC1CC1.O=Cc1cc(I)cc(I)c1O.O=Cc1cc(O)ccc1O.O=Cc1ccc(O)cc1O. The van der Waals surface area contributed by atoms with Gasteiger partial charge in [-0.3, -0.25) is 43.2 Å². The van der Waals surface area contributed by atoms with Crippen LogP contribution in [0.25, 0.3) is 21.5 Å². The molecule has 0 atom stereocenters. The molecular formula is C84H78Br2I3NO24. The number of ether oxygens (including phenoxy) is 5. The van der Waals surface area contributed by atoms with Gasteiger partial charge in [-0.05, 0) is 236 Å². The van der Waals surface area contributed by atoms with E-state index in [1.807, 2.05) is 138 Å². The first-order valence-corrected chi connectivity index (χ1v) is 38.0. The molecule has 0 spiro atoms. The normalized spacial score (nSPS) is 10.2. The zero-order valence-electron chi connectivity index (χ0n) is 61.9. The second-order valence-electron chi connectivity index (χ2n) is 22.7. The summed E-state index contributed by atoms with van der Waals surface area (Å²) in [5.41, 5.74) is 4.37. The number of carbonyl (C=O) groups is 10. The Hall–Kier alpha value is -11.2. The average Bonchev–Trinajstić information content (AvgIpc) is 0.880. The Morgan fingerprint density at radius 2 is 0.842 bits per heavy atom. The number of carbonyl (C=O) groups excluding carboxylic acids is 10. The number of rotatable bonds is 18. The smallest absolute Gasteiger partial charge is 0.172 e. The van der Waals surface area contributed by atoms with Crippen molar-refractivity contribution in [2.45, 2.75) is 26.7 Å². The first-order chi connectivity index (χ1) is 54.6. The number of aromatic hydroxyl groups is 9. The summed E-state index contributed by atoms with van der Waals surface area (Å²) < 4.78 is 28.2. The molecule has 25 nitrogen and oxygen atoms in total. The molecule has 11 aromatic rings. The molecule has 0 aliphatic heterocycles. The Morgan fingerprint density at radius 1 is 0.377 bits per heavy atom. The van der Waals surface area contributed by atoms with Gasteiger partial charge in [-0.25, -0.2) is 0 Å². The maximum absolute atomic E-state index is 10.9. The van der Waals surface area contributed by atoms with E-state index in [1.54, 1.807) is 50.6 Å². The molecule has 30 heteroatoms. The second kappa shape index (κ2) is 51.4. The third-order valence-corrected chi connectivity index (χ3v) is 18.6. The summed E-state index contributed by atoms with van der Waals surface area (Å²) >= 11 is 12.3. The number of phenols is 9. The third kappa shape index (κ3) is 30.7. The van der Waals surface area contributed by atoms with E-state index < -0.39 is 0 Å². The van der Waals surface area contributed by atoms with Crippen LogP contribution in [0.5, 0.6) is 80.5 Å². The van der Waals surface area contributed by atoms with Crippen molar-refractivity contribution in [2.75, 3.05) is 53.5 Å². The van der Waals surface area contributed by atoms with Crippen LogP contribution in [-0.4, -0.2) is 157 Å². The third-order valence-electron chi connectivity index (χ3n) is 15.3. The summed E-state index contributed by atoms with van der Waals surface area (Å²) in [4.78, 5) is 106. The number of hydrogen-bond acceptors (Lipinski definition) is 25. The predicted octanol–water partition coefficient (Wildman–Crippen LogP) is 18.0. The fourth-order valence-electron chi connectivity index (χ4n) is 9.22. The molecule has 0 unspecified atom stereocenters. The van der Waals surface area contributed by atoms with E-state index >= 15 is 0 Å². The molecule has 1 fully saturated rings. The number of phenolic OH excluding ortho intramolecular Hbond substituents is 9. The Balaban J connectivity index is 0.000000330. The minimum absolute atomic E-state index is 0.00287. The minimum Gasteiger partial charge on any atom is -0.508 e. The Labute approximate surface area is 713 Å². The quantitative estimate of drug-likeness (QED) is 0.0219. The van der Waals surface area contributed by atoms with Crippen molar-refractivity contribution in [3.63, 3.8) is 0 Å². The molecule has 0 heterocycles. The molecule has 1 saturated carbocycles. The van der Waals surface area contributed by atoms with Crippen LogP contribution in [0.2, 0.25) is 0 Å². The minimum atomic E-state index is -0.199. The van der Waals surface area contributed by atoms with Gasteiger partial charge < -0.3 is 79.3 Å². The number of nitrogens with zero attached hydrogens (tertiary/aromatic N) is 1. The van der Waals surface area contributed by atoms with Crippen molar-refractivity contribution in [3.8, 4) is 80.5 Å². The van der Waals surface area contributed by atoms with Gasteiger partial charge >= 0.3 is 0 Å². The first kappa shape index (κ1) is 97.0. The lowest BCUT2D eigenvalue weighted by atomic mass is 10.0. The van der Waals surface area contributed by atoms with Gasteiger partial charge in [0, 0.05) is 66.9 Å². The van der Waals surface area contributed by atoms with Crippen LogP contribution in [0.4, 0.5) is 5.69 Å². The van der Waals surface area contributed by atoms with Gasteiger partial charge in [0.05, 0.1) is 80.5 Å². The Bertz CT molecular complexity index is 5020. The van der Waals surface area contributed by atoms with Gasteiger partial charge in [0.25, 0.3) is 0 Å². The van der Waals surface area contributed by atoms with E-state index in [4.69, 9.17) is 44.1 Å². The van der Waals surface area contributed by atoms with Crippen LogP contribution in [0.1, 0.15) is 120 Å². The molecule has 114 heavy (non-hydrogen) atoms. The number of hydrogen-bond donors (Lipinski definition) is 9. The van der Waals surface area contributed by atoms with Crippen LogP contribution in [0, 0.1) is 16.6 Å². The molecule has 0 saturated heterocycles. The predicted molar refractivity (Wildman–Crippen MR) is 465 cm³/mol. The Morgan fingerprint density at radius 3 is 1.33 bits per heavy atom. The molecule has 0 bridgehead atoms. The standard InChI is InChI=1S/2C12H10O2.C11H15NO2.2C8H7BrO3.C8H7IO3.C7H4I2O2.2C7H6O3.C4H6O/c1-14-12-7-6-9(8-13)10-4-2-3-5-11(10)12;1-14-12-7-6-9-4-2-3-5-10(9)11(12)8-13;1-3-12(4-2)10-6-5-9(8-13)11(14)7-10;1-12-7-3-6(9)2-5(4-10)8(7)11;2*1-12-7-3-5(4-10)2-6(9)8(7)11;8-5-1-4(3-10)7(11)6(9)2-5;8-4-5-3-6(9)1-2-7(5)10;8-4-5-1-2-6(9)3-7(5)10;5-3-4-1-2-4/h2*2-8H,1H3;5-8,14H,3-4H2,1-2H3;3*2-4,11H,1H3;1-3,11H;2*1-4,9-10H;3-4H,1-2H2. The number of fused-ring (bicyclic) bond motifs is 2. The van der Waals surface area contributed by atoms with E-state index in [2.05, 4.69) is 59.4 Å². The van der Waals surface area contributed by atoms with Crippen LogP contribution >= 0.6 is 99.6 Å². The summed E-state index contributed by atoms with van der Waals surface area (Å²) in [6.07, 6.45) is 9.29. The van der Waals surface area contributed by atoms with E-state index in [9.17, 15) is 73.5 Å². The highest BCUT2D eigenvalue weighted by Crippen LogP contribution is 2.37. The zero-order chi connectivity index (χ0) is 85.1. The van der Waals surface area contributed by atoms with Crippen molar-refractivity contribution < 1.29 is 118 Å². The lowest BCUT2D eigenvalue weighted by molar-refractivity contribution is -0.108. The van der Waals surface area contributed by atoms with E-state index in [0.29, 0.717) is 111 Å². The van der Waals surface area contributed by atoms with Crippen molar-refractivity contribution in [3.05, 3.63) is 246 Å². The molecule has 598 valence electrons. The number of aldehydes is 10. The van der Waals surface area contributed by atoms with E-state index in [0.717, 1.165) is 87.4 Å². The maximum Gasteiger partial charge on any atom is 0.172 e. The summed E-state index contributed by atoms with van der Waals surface area (Å²) in [6, 6.07) is 48.1. The zero-order valence-corrected chi connectivity index (χ0v) is 71.6. The van der Waals surface area contributed by atoms with Crippen molar-refractivity contribution in [1.82, 2.24) is 0 Å². The van der Waals surface area contributed by atoms with Crippen molar-refractivity contribution in [2.24, 2.45) is 5.92 Å². The lowest BCUT2D eigenvalue weighted by Gasteiger charge is -2.21. The largest absolute Gasteiger partial charge is 0.508 e. The number of halogens is 5. The second-order valence-corrected chi connectivity index (χ2v) is 28.1. The van der Waals surface area contributed by atoms with Crippen molar-refractivity contribution >= 4 is 190 Å². The van der Waals surface area contributed by atoms with E-state index in [-0.39, 0.29) is 79.9 Å². The van der Waals surface area contributed by atoms with Crippen molar-refractivity contribution in [1.29, 1.82) is 0 Å². The average molecular weight is 2030 g/mol. The summed E-state index contributed by atoms with van der Waals surface area (Å²) in [5, 5.41) is 86.0.